The van der Waals surface area contributed by atoms with Crippen molar-refractivity contribution in [2.75, 3.05) is 24.4 Å². The largest absolute Gasteiger partial charge is 0.486 e. The minimum Gasteiger partial charge on any atom is -0.486 e. The first-order valence-electron chi connectivity index (χ1n) is 8.96. The van der Waals surface area contributed by atoms with Gasteiger partial charge in [-0.25, -0.2) is 8.42 Å². The van der Waals surface area contributed by atoms with Gasteiger partial charge >= 0.3 is 0 Å². The van der Waals surface area contributed by atoms with Gasteiger partial charge in [0.25, 0.3) is 5.91 Å². The number of hydrogen-bond donors (Lipinski definition) is 0. The first-order valence-corrected chi connectivity index (χ1v) is 11.7. The molecule has 0 unspecified atom stereocenters. The van der Waals surface area contributed by atoms with Crippen LogP contribution in [0.2, 0.25) is 0 Å². The zero-order valence-corrected chi connectivity index (χ0v) is 17.3. The summed E-state index contributed by atoms with van der Waals surface area (Å²) in [5.74, 6) is 1.03. The lowest BCUT2D eigenvalue weighted by Gasteiger charge is -2.25. The maximum Gasteiger partial charge on any atom is 0.258 e. The lowest BCUT2D eigenvalue weighted by molar-refractivity contribution is 0.0985. The quantitative estimate of drug-likeness (QED) is 0.617. The van der Waals surface area contributed by atoms with Gasteiger partial charge in [0.2, 0.25) is 0 Å². The molecule has 6 nitrogen and oxygen atoms in total. The van der Waals surface area contributed by atoms with Crippen molar-refractivity contribution >= 4 is 32.8 Å². The molecule has 2 aromatic carbocycles. The molecule has 1 aliphatic rings. The average Bonchev–Trinajstić information content (AvgIpc) is 3.24. The monoisotopic (exact) mass is 429 g/mol. The number of sulfone groups is 1. The summed E-state index contributed by atoms with van der Waals surface area (Å²) in [7, 11) is -3.32. The molecule has 2 heterocycles. The van der Waals surface area contributed by atoms with E-state index in [-0.39, 0.29) is 10.8 Å². The third-order valence-corrected chi connectivity index (χ3v) is 6.50. The molecule has 3 aromatic rings. The van der Waals surface area contributed by atoms with Crippen LogP contribution in [-0.4, -0.2) is 33.8 Å². The third-order valence-electron chi connectivity index (χ3n) is 4.51. The highest BCUT2D eigenvalue weighted by molar-refractivity contribution is 7.90. The van der Waals surface area contributed by atoms with E-state index in [9.17, 15) is 13.2 Å². The van der Waals surface area contributed by atoms with Crippen LogP contribution >= 0.6 is 11.3 Å². The van der Waals surface area contributed by atoms with Gasteiger partial charge in [-0.3, -0.25) is 4.79 Å². The van der Waals surface area contributed by atoms with Gasteiger partial charge in [-0.1, -0.05) is 6.07 Å². The average molecular weight is 430 g/mol. The molecule has 0 saturated heterocycles. The van der Waals surface area contributed by atoms with E-state index in [1.54, 1.807) is 28.4 Å². The Morgan fingerprint density at radius 3 is 2.41 bits per heavy atom. The Morgan fingerprint density at radius 2 is 1.76 bits per heavy atom. The number of anilines is 1. The molecule has 8 heteroatoms. The number of rotatable bonds is 5. The molecule has 0 radical (unpaired) electrons. The van der Waals surface area contributed by atoms with Crippen molar-refractivity contribution in [3.8, 4) is 11.5 Å². The smallest absolute Gasteiger partial charge is 0.258 e. The van der Waals surface area contributed by atoms with Crippen molar-refractivity contribution in [3.63, 3.8) is 0 Å². The second-order valence-corrected chi connectivity index (χ2v) is 9.64. The summed E-state index contributed by atoms with van der Waals surface area (Å²) in [4.78, 5) is 16.2. The Labute approximate surface area is 173 Å². The van der Waals surface area contributed by atoms with Gasteiger partial charge in [0.15, 0.2) is 21.3 Å². The van der Waals surface area contributed by atoms with Gasteiger partial charge in [-0.15, -0.1) is 11.3 Å². The van der Waals surface area contributed by atoms with E-state index in [1.807, 2.05) is 23.6 Å². The normalized spacial score (nSPS) is 13.1. The van der Waals surface area contributed by atoms with E-state index in [2.05, 4.69) is 0 Å². The van der Waals surface area contributed by atoms with E-state index in [4.69, 9.17) is 9.47 Å². The summed E-state index contributed by atoms with van der Waals surface area (Å²) in [5, 5.41) is 1.96. The highest BCUT2D eigenvalue weighted by atomic mass is 32.2. The van der Waals surface area contributed by atoms with E-state index < -0.39 is 9.84 Å². The van der Waals surface area contributed by atoms with E-state index in [1.165, 1.54) is 24.3 Å². The maximum atomic E-state index is 13.3. The number of carbonyl (C=O) groups excluding carboxylic acids is 1. The van der Waals surface area contributed by atoms with Gasteiger partial charge in [0.1, 0.15) is 13.2 Å². The predicted octanol–water partition coefficient (Wildman–Crippen LogP) is 3.77. The highest BCUT2D eigenvalue weighted by Gasteiger charge is 2.22. The van der Waals surface area contributed by atoms with E-state index in [0.717, 1.165) is 11.1 Å². The molecule has 0 N–H and O–H groups in total. The minimum absolute atomic E-state index is 0.179. The Bertz CT molecular complexity index is 1120. The van der Waals surface area contributed by atoms with Gasteiger partial charge in [-0.2, -0.15) is 0 Å². The Hall–Kier alpha value is -2.84. The van der Waals surface area contributed by atoms with Crippen LogP contribution in [0.4, 0.5) is 5.69 Å². The molecule has 0 atom stereocenters. The van der Waals surface area contributed by atoms with Crippen molar-refractivity contribution < 1.29 is 22.7 Å². The van der Waals surface area contributed by atoms with Crippen LogP contribution in [0.3, 0.4) is 0 Å². The van der Waals surface area contributed by atoms with Crippen molar-refractivity contribution in [1.29, 1.82) is 0 Å². The summed E-state index contributed by atoms with van der Waals surface area (Å²) in [5.41, 5.74) is 1.09. The first kappa shape index (κ1) is 19.5. The summed E-state index contributed by atoms with van der Waals surface area (Å²) < 4.78 is 34.6. The molecule has 0 spiro atoms. The number of hydrogen-bond acceptors (Lipinski definition) is 6. The fraction of sp³-hybridized carbons (Fsp3) is 0.190. The molecule has 150 valence electrons. The van der Waals surface area contributed by atoms with Gasteiger partial charge in [0, 0.05) is 28.5 Å². The molecule has 0 aliphatic carbocycles. The van der Waals surface area contributed by atoms with Crippen LogP contribution < -0.4 is 14.4 Å². The van der Waals surface area contributed by atoms with Crippen LogP contribution in [0, 0.1) is 0 Å². The van der Waals surface area contributed by atoms with E-state index >= 15 is 0 Å². The SMILES string of the molecule is CS(=O)(=O)c1ccc(C(=O)N(Cc2cccs2)c2ccc3c(c2)OCCO3)cc1. The topological polar surface area (TPSA) is 72.9 Å². The molecular weight excluding hydrogens is 410 g/mol. The van der Waals surface area contributed by atoms with Crippen LogP contribution in [0.1, 0.15) is 15.2 Å². The van der Waals surface area contributed by atoms with Crippen LogP contribution in [0.25, 0.3) is 0 Å². The molecule has 4 rings (SSSR count). The Morgan fingerprint density at radius 1 is 1.03 bits per heavy atom. The highest BCUT2D eigenvalue weighted by Crippen LogP contribution is 2.35. The molecule has 0 saturated carbocycles. The van der Waals surface area contributed by atoms with Crippen LogP contribution in [-0.2, 0) is 16.4 Å². The van der Waals surface area contributed by atoms with Gasteiger partial charge in [0.05, 0.1) is 11.4 Å². The van der Waals surface area contributed by atoms with E-state index in [0.29, 0.717) is 42.5 Å². The lowest BCUT2D eigenvalue weighted by atomic mass is 10.1. The molecular formula is C21H19NO5S2. The fourth-order valence-electron chi connectivity index (χ4n) is 3.04. The van der Waals surface area contributed by atoms with Crippen molar-refractivity contribution in [2.45, 2.75) is 11.4 Å². The Kier molecular flexibility index (Phi) is 5.29. The number of fused-ring (bicyclic) bond motifs is 1. The van der Waals surface area contributed by atoms with Crippen molar-refractivity contribution in [1.82, 2.24) is 0 Å². The second-order valence-electron chi connectivity index (χ2n) is 6.60. The molecule has 1 aliphatic heterocycles. The number of thiophene rings is 1. The number of ether oxygens (including phenoxy) is 2. The summed E-state index contributed by atoms with van der Waals surface area (Å²) in [6.07, 6.45) is 1.14. The zero-order chi connectivity index (χ0) is 20.4. The first-order chi connectivity index (χ1) is 13.9. The van der Waals surface area contributed by atoms with Gasteiger partial charge in [-0.05, 0) is 47.8 Å². The van der Waals surface area contributed by atoms with Crippen molar-refractivity contribution in [3.05, 3.63) is 70.4 Å². The number of nitrogens with zero attached hydrogens (tertiary/aromatic N) is 1. The second kappa shape index (κ2) is 7.88. The fourth-order valence-corrected chi connectivity index (χ4v) is 4.36. The third kappa shape index (κ3) is 4.28. The minimum atomic E-state index is -3.32. The van der Waals surface area contributed by atoms with Gasteiger partial charge < -0.3 is 14.4 Å². The van der Waals surface area contributed by atoms with Crippen molar-refractivity contribution in [2.24, 2.45) is 0 Å². The molecule has 0 fully saturated rings. The summed E-state index contributed by atoms with van der Waals surface area (Å²) in [6.45, 7) is 1.35. The molecule has 29 heavy (non-hydrogen) atoms. The van der Waals surface area contributed by atoms with Crippen LogP contribution in [0.15, 0.2) is 64.9 Å². The Balaban J connectivity index is 1.69. The van der Waals surface area contributed by atoms with Crippen LogP contribution in [0.5, 0.6) is 11.5 Å². The number of amides is 1. The number of benzene rings is 2. The molecule has 1 amide bonds. The molecule has 0 bridgehead atoms. The summed E-state index contributed by atoms with van der Waals surface area (Å²) >= 11 is 1.56. The number of carbonyl (C=O) groups is 1. The lowest BCUT2D eigenvalue weighted by Crippen LogP contribution is -2.30. The summed E-state index contributed by atoms with van der Waals surface area (Å²) in [6, 6.07) is 15.3. The standard InChI is InChI=1S/C21H19NO5S2/c1-29(24,25)18-7-4-15(5-8-18)21(23)22(14-17-3-2-12-28-17)16-6-9-19-20(13-16)27-11-10-26-19/h2-9,12-13H,10-11,14H2,1H3. The molecule has 1 aromatic heterocycles. The zero-order valence-electron chi connectivity index (χ0n) is 15.7. The predicted molar refractivity (Wildman–Crippen MR) is 112 cm³/mol. The maximum absolute atomic E-state index is 13.3.